The maximum atomic E-state index is 12.7. The van der Waals surface area contributed by atoms with Crippen molar-refractivity contribution in [2.75, 3.05) is 24.5 Å². The van der Waals surface area contributed by atoms with Gasteiger partial charge in [0.05, 0.1) is 11.6 Å². The molecule has 1 amide bonds. The van der Waals surface area contributed by atoms with E-state index in [4.69, 9.17) is 5.26 Å². The molecule has 1 heterocycles. The highest BCUT2D eigenvalue weighted by Gasteiger charge is 2.27. The predicted molar refractivity (Wildman–Crippen MR) is 95.0 cm³/mol. The van der Waals surface area contributed by atoms with Gasteiger partial charge in [0, 0.05) is 36.9 Å². The van der Waals surface area contributed by atoms with Crippen molar-refractivity contribution in [1.82, 2.24) is 4.90 Å². The molecule has 24 heavy (non-hydrogen) atoms. The van der Waals surface area contributed by atoms with Crippen LogP contribution in [0.2, 0.25) is 0 Å². The second-order valence-electron chi connectivity index (χ2n) is 6.33. The van der Waals surface area contributed by atoms with Gasteiger partial charge in [-0.2, -0.15) is 5.26 Å². The number of carbonyl (C=O) groups is 1. The Morgan fingerprint density at radius 1 is 1.17 bits per heavy atom. The lowest BCUT2D eigenvalue weighted by Gasteiger charge is -2.41. The highest BCUT2D eigenvalue weighted by molar-refractivity contribution is 5.94. The number of piperazine rings is 1. The Morgan fingerprint density at radius 3 is 2.67 bits per heavy atom. The second kappa shape index (κ2) is 6.76. The summed E-state index contributed by atoms with van der Waals surface area (Å²) < 4.78 is 0. The number of rotatable bonds is 2. The zero-order valence-corrected chi connectivity index (χ0v) is 14.1. The van der Waals surface area contributed by atoms with Crippen LogP contribution in [-0.4, -0.2) is 36.5 Å². The molecular weight excluding hydrogens is 298 g/mol. The summed E-state index contributed by atoms with van der Waals surface area (Å²) in [4.78, 5) is 16.9. The second-order valence-corrected chi connectivity index (χ2v) is 6.33. The average Bonchev–Trinajstić information content (AvgIpc) is 2.61. The van der Waals surface area contributed by atoms with Gasteiger partial charge in [0.25, 0.3) is 5.91 Å². The molecule has 1 saturated heterocycles. The summed E-state index contributed by atoms with van der Waals surface area (Å²) in [5, 5.41) is 9.00. The topological polar surface area (TPSA) is 47.3 Å². The van der Waals surface area contributed by atoms with Crippen LogP contribution in [-0.2, 0) is 0 Å². The van der Waals surface area contributed by atoms with Gasteiger partial charge >= 0.3 is 0 Å². The van der Waals surface area contributed by atoms with Crippen LogP contribution in [0, 0.1) is 18.3 Å². The van der Waals surface area contributed by atoms with Crippen molar-refractivity contribution in [2.45, 2.75) is 19.9 Å². The Hall–Kier alpha value is -2.80. The molecule has 1 aliphatic rings. The van der Waals surface area contributed by atoms with Crippen molar-refractivity contribution in [3.8, 4) is 6.07 Å². The van der Waals surface area contributed by atoms with Crippen LogP contribution in [0.1, 0.15) is 28.4 Å². The van der Waals surface area contributed by atoms with Crippen LogP contribution in [0.15, 0.2) is 48.5 Å². The highest BCUT2D eigenvalue weighted by atomic mass is 16.2. The number of hydrogen-bond acceptors (Lipinski definition) is 3. The average molecular weight is 319 g/mol. The molecule has 4 heteroatoms. The van der Waals surface area contributed by atoms with Crippen LogP contribution in [0.4, 0.5) is 5.69 Å². The summed E-state index contributed by atoms with van der Waals surface area (Å²) in [5.74, 6) is 0.00263. The molecular formula is C20H21N3O. The van der Waals surface area contributed by atoms with Gasteiger partial charge in [-0.1, -0.05) is 18.2 Å². The molecule has 122 valence electrons. The van der Waals surface area contributed by atoms with E-state index in [0.717, 1.165) is 6.54 Å². The minimum atomic E-state index is 0.00263. The van der Waals surface area contributed by atoms with E-state index < -0.39 is 0 Å². The van der Waals surface area contributed by atoms with Crippen LogP contribution in [0.3, 0.4) is 0 Å². The minimum Gasteiger partial charge on any atom is -0.365 e. The van der Waals surface area contributed by atoms with Gasteiger partial charge in [-0.25, -0.2) is 0 Å². The molecule has 0 spiro atoms. The predicted octanol–water partition coefficient (Wildman–Crippen LogP) is 3.22. The molecule has 1 atom stereocenters. The summed E-state index contributed by atoms with van der Waals surface area (Å²) in [6, 6.07) is 17.7. The minimum absolute atomic E-state index is 0.00263. The maximum absolute atomic E-state index is 12.7. The molecule has 0 saturated carbocycles. The zero-order valence-electron chi connectivity index (χ0n) is 14.1. The van der Waals surface area contributed by atoms with E-state index in [1.807, 2.05) is 4.90 Å². The number of aryl methyl sites for hydroxylation is 1. The van der Waals surface area contributed by atoms with E-state index in [2.05, 4.69) is 49.1 Å². The number of carbonyl (C=O) groups excluding carboxylic acids is 1. The van der Waals surface area contributed by atoms with Crippen molar-refractivity contribution in [2.24, 2.45) is 0 Å². The lowest BCUT2D eigenvalue weighted by molar-refractivity contribution is 0.0726. The Morgan fingerprint density at radius 2 is 1.96 bits per heavy atom. The molecule has 0 bridgehead atoms. The summed E-state index contributed by atoms with van der Waals surface area (Å²) in [7, 11) is 0. The van der Waals surface area contributed by atoms with Crippen molar-refractivity contribution >= 4 is 11.6 Å². The Kier molecular flexibility index (Phi) is 4.52. The van der Waals surface area contributed by atoms with Crippen molar-refractivity contribution in [1.29, 1.82) is 5.26 Å². The monoisotopic (exact) mass is 319 g/mol. The van der Waals surface area contributed by atoms with Crippen molar-refractivity contribution in [3.63, 3.8) is 0 Å². The van der Waals surface area contributed by atoms with Gasteiger partial charge in [-0.3, -0.25) is 4.79 Å². The summed E-state index contributed by atoms with van der Waals surface area (Å²) in [6.07, 6.45) is 0. The quantitative estimate of drug-likeness (QED) is 0.854. The molecule has 1 fully saturated rings. The van der Waals surface area contributed by atoms with E-state index in [9.17, 15) is 4.79 Å². The zero-order chi connectivity index (χ0) is 17.1. The van der Waals surface area contributed by atoms with E-state index in [0.29, 0.717) is 24.2 Å². The summed E-state index contributed by atoms with van der Waals surface area (Å²) >= 11 is 0. The van der Waals surface area contributed by atoms with Crippen molar-refractivity contribution in [3.05, 3.63) is 65.2 Å². The number of anilines is 1. The smallest absolute Gasteiger partial charge is 0.254 e. The van der Waals surface area contributed by atoms with E-state index in [1.54, 1.807) is 24.3 Å². The molecule has 0 aliphatic carbocycles. The summed E-state index contributed by atoms with van der Waals surface area (Å²) in [5.41, 5.74) is 3.56. The van der Waals surface area contributed by atoms with Crippen LogP contribution in [0.5, 0.6) is 0 Å². The number of hydrogen-bond donors (Lipinski definition) is 0. The summed E-state index contributed by atoms with van der Waals surface area (Å²) in [6.45, 7) is 6.43. The number of nitrogens with zero attached hydrogens (tertiary/aromatic N) is 3. The standard InChI is InChI=1S/C20H21N3O/c1-15-5-3-8-19(11-15)23-10-9-22(14-16(23)2)20(24)18-7-4-6-17(12-18)13-21/h3-8,11-12,16H,9-10,14H2,1-2H3. The molecule has 0 N–H and O–H groups in total. The normalized spacial score (nSPS) is 17.5. The first-order valence-electron chi connectivity index (χ1n) is 8.21. The first-order valence-corrected chi connectivity index (χ1v) is 8.21. The molecule has 2 aromatic carbocycles. The van der Waals surface area contributed by atoms with Gasteiger partial charge in [0.15, 0.2) is 0 Å². The molecule has 1 aliphatic heterocycles. The van der Waals surface area contributed by atoms with E-state index in [-0.39, 0.29) is 11.9 Å². The van der Waals surface area contributed by atoms with Crippen molar-refractivity contribution < 1.29 is 4.79 Å². The van der Waals surface area contributed by atoms with Crippen LogP contribution in [0.25, 0.3) is 0 Å². The third kappa shape index (κ3) is 3.26. The fourth-order valence-electron chi connectivity index (χ4n) is 3.24. The maximum Gasteiger partial charge on any atom is 0.254 e. The molecule has 0 aromatic heterocycles. The Balaban J connectivity index is 1.73. The first-order chi connectivity index (χ1) is 11.6. The molecule has 1 unspecified atom stereocenters. The molecule has 4 nitrogen and oxygen atoms in total. The van der Waals surface area contributed by atoms with Gasteiger partial charge in [-0.05, 0) is 49.7 Å². The van der Waals surface area contributed by atoms with Crippen LogP contribution >= 0.6 is 0 Å². The number of benzene rings is 2. The third-order valence-corrected chi connectivity index (χ3v) is 4.49. The SMILES string of the molecule is Cc1cccc(N2CCN(C(=O)c3cccc(C#N)c3)CC2C)c1. The lowest BCUT2D eigenvalue weighted by atomic mass is 10.1. The van der Waals surface area contributed by atoms with E-state index >= 15 is 0 Å². The fourth-order valence-corrected chi connectivity index (χ4v) is 3.24. The van der Waals surface area contributed by atoms with Gasteiger partial charge < -0.3 is 9.80 Å². The van der Waals surface area contributed by atoms with E-state index in [1.165, 1.54) is 11.3 Å². The Bertz CT molecular complexity index is 793. The molecule has 0 radical (unpaired) electrons. The molecule has 3 rings (SSSR count). The van der Waals surface area contributed by atoms with Gasteiger partial charge in [0.1, 0.15) is 0 Å². The fraction of sp³-hybridized carbons (Fsp3) is 0.300. The molecule has 2 aromatic rings. The number of amides is 1. The first kappa shape index (κ1) is 16.1. The third-order valence-electron chi connectivity index (χ3n) is 4.49. The lowest BCUT2D eigenvalue weighted by Crippen LogP contribution is -2.53. The Labute approximate surface area is 142 Å². The van der Waals surface area contributed by atoms with Gasteiger partial charge in [0.2, 0.25) is 0 Å². The number of nitriles is 1. The van der Waals surface area contributed by atoms with Gasteiger partial charge in [-0.15, -0.1) is 0 Å². The highest BCUT2D eigenvalue weighted by Crippen LogP contribution is 2.22. The van der Waals surface area contributed by atoms with Crippen LogP contribution < -0.4 is 4.90 Å². The largest absolute Gasteiger partial charge is 0.365 e.